The van der Waals surface area contributed by atoms with Crippen LogP contribution in [0.15, 0.2) is 53.3 Å². The van der Waals surface area contributed by atoms with E-state index in [2.05, 4.69) is 9.80 Å². The molecule has 1 aliphatic rings. The van der Waals surface area contributed by atoms with Crippen LogP contribution in [0.5, 0.6) is 5.75 Å². The fourth-order valence-electron chi connectivity index (χ4n) is 5.32. The van der Waals surface area contributed by atoms with Crippen LogP contribution in [0.4, 0.5) is 10.5 Å². The van der Waals surface area contributed by atoms with Crippen LogP contribution in [0.2, 0.25) is 10.0 Å². The van der Waals surface area contributed by atoms with Gasteiger partial charge in [-0.1, -0.05) is 50.0 Å². The molecule has 44 heavy (non-hydrogen) atoms. The SMILES string of the molecule is CCC(C)(C)N(C)C(=O)OC(C(C)C)n1c(=O)ccc2ccc(OCCCCN3CCN(c4cccc(Cl)c4Cl)CC3)cc21. The van der Waals surface area contributed by atoms with Gasteiger partial charge in [0.05, 0.1) is 27.9 Å². The average molecular weight is 646 g/mol. The molecule has 2 heterocycles. The number of ether oxygens (including phenoxy) is 2. The summed E-state index contributed by atoms with van der Waals surface area (Å²) in [4.78, 5) is 32.7. The fourth-order valence-corrected chi connectivity index (χ4v) is 5.73. The number of fused-ring (bicyclic) bond motifs is 1. The lowest BCUT2D eigenvalue weighted by molar-refractivity contribution is -0.00863. The highest BCUT2D eigenvalue weighted by atomic mass is 35.5. The lowest BCUT2D eigenvalue weighted by Gasteiger charge is -2.36. The molecule has 1 aromatic heterocycles. The second-order valence-corrected chi connectivity index (χ2v) is 13.2. The Labute approximate surface area is 271 Å². The number of halogens is 2. The number of pyridine rings is 1. The lowest BCUT2D eigenvalue weighted by Crippen LogP contribution is -2.46. The molecule has 1 atom stereocenters. The van der Waals surface area contributed by atoms with Gasteiger partial charge >= 0.3 is 6.09 Å². The fraction of sp³-hybridized carbons (Fsp3) is 0.529. The standard InChI is InChI=1S/C34H46Cl2N4O4/c1-7-34(4,5)37(6)33(42)44-32(24(2)3)40-29-23-26(15-13-25(29)14-16-30(40)41)43-22-9-8-17-38-18-20-39(21-19-38)28-12-10-11-27(35)31(28)36/h10-16,23-24,32H,7-9,17-22H2,1-6H3. The van der Waals surface area contributed by atoms with Crippen LogP contribution in [-0.2, 0) is 4.74 Å². The molecule has 4 rings (SSSR count). The number of carbonyl (C=O) groups is 1. The first-order valence-electron chi connectivity index (χ1n) is 15.6. The van der Waals surface area contributed by atoms with Crippen molar-refractivity contribution < 1.29 is 14.3 Å². The van der Waals surface area contributed by atoms with Gasteiger partial charge in [0.2, 0.25) is 0 Å². The van der Waals surface area contributed by atoms with Gasteiger partial charge in [0.25, 0.3) is 5.56 Å². The summed E-state index contributed by atoms with van der Waals surface area (Å²) in [5, 5.41) is 2.08. The predicted molar refractivity (Wildman–Crippen MR) is 181 cm³/mol. The van der Waals surface area contributed by atoms with Crippen molar-refractivity contribution >= 4 is 45.9 Å². The maximum Gasteiger partial charge on any atom is 0.411 e. The van der Waals surface area contributed by atoms with Gasteiger partial charge in [-0.3, -0.25) is 14.3 Å². The first-order valence-corrected chi connectivity index (χ1v) is 16.3. The van der Waals surface area contributed by atoms with Crippen LogP contribution in [0.25, 0.3) is 10.9 Å². The topological polar surface area (TPSA) is 67.2 Å². The monoisotopic (exact) mass is 644 g/mol. The summed E-state index contributed by atoms with van der Waals surface area (Å²) in [5.41, 5.74) is 1.08. The van der Waals surface area contributed by atoms with Crippen LogP contribution >= 0.6 is 23.2 Å². The van der Waals surface area contributed by atoms with Crippen molar-refractivity contribution in [2.24, 2.45) is 5.92 Å². The molecule has 0 aliphatic carbocycles. The maximum absolute atomic E-state index is 13.2. The van der Waals surface area contributed by atoms with Gasteiger partial charge in [-0.15, -0.1) is 0 Å². The van der Waals surface area contributed by atoms with E-state index in [9.17, 15) is 9.59 Å². The number of piperazine rings is 1. The third kappa shape index (κ3) is 8.01. The smallest absolute Gasteiger partial charge is 0.411 e. The summed E-state index contributed by atoms with van der Waals surface area (Å²) in [6, 6.07) is 14.8. The molecule has 10 heteroatoms. The number of aromatic nitrogens is 1. The highest BCUT2D eigenvalue weighted by molar-refractivity contribution is 6.43. The van der Waals surface area contributed by atoms with E-state index < -0.39 is 12.3 Å². The normalized spacial score (nSPS) is 15.1. The second-order valence-electron chi connectivity index (χ2n) is 12.5. The van der Waals surface area contributed by atoms with E-state index in [-0.39, 0.29) is 17.0 Å². The number of amides is 1. The molecule has 0 radical (unpaired) electrons. The summed E-state index contributed by atoms with van der Waals surface area (Å²) >= 11 is 12.6. The molecule has 1 aliphatic heterocycles. The van der Waals surface area contributed by atoms with Crippen molar-refractivity contribution in [2.45, 2.75) is 65.6 Å². The summed E-state index contributed by atoms with van der Waals surface area (Å²) in [7, 11) is 1.73. The largest absolute Gasteiger partial charge is 0.494 e. The van der Waals surface area contributed by atoms with Gasteiger partial charge in [0, 0.05) is 56.8 Å². The highest BCUT2D eigenvalue weighted by Gasteiger charge is 2.31. The zero-order chi connectivity index (χ0) is 32.0. The Balaban J connectivity index is 1.34. The molecule has 0 bridgehead atoms. The van der Waals surface area contributed by atoms with Gasteiger partial charge < -0.3 is 19.3 Å². The van der Waals surface area contributed by atoms with Crippen molar-refractivity contribution in [3.63, 3.8) is 0 Å². The Kier molecular flexibility index (Phi) is 11.5. The Morgan fingerprint density at radius 1 is 1.02 bits per heavy atom. The molecular weight excluding hydrogens is 599 g/mol. The molecule has 1 unspecified atom stereocenters. The predicted octanol–water partition coefficient (Wildman–Crippen LogP) is 7.70. The van der Waals surface area contributed by atoms with Crippen molar-refractivity contribution in [1.29, 1.82) is 0 Å². The molecule has 3 aromatic rings. The van der Waals surface area contributed by atoms with Crippen LogP contribution in [0.3, 0.4) is 0 Å². The Morgan fingerprint density at radius 2 is 1.73 bits per heavy atom. The molecule has 0 saturated carbocycles. The quantitative estimate of drug-likeness (QED) is 0.188. The minimum atomic E-state index is -0.764. The number of carbonyl (C=O) groups excluding carboxylic acids is 1. The molecule has 2 aromatic carbocycles. The van der Waals surface area contributed by atoms with Crippen molar-refractivity contribution in [1.82, 2.24) is 14.4 Å². The van der Waals surface area contributed by atoms with E-state index in [1.807, 2.05) is 71.0 Å². The Hall–Kier alpha value is -2.94. The van der Waals surface area contributed by atoms with Crippen LogP contribution in [0.1, 0.15) is 60.1 Å². The maximum atomic E-state index is 13.2. The average Bonchev–Trinajstić information content (AvgIpc) is 3.01. The lowest BCUT2D eigenvalue weighted by atomic mass is 10.0. The minimum absolute atomic E-state index is 0.130. The Bertz CT molecular complexity index is 1480. The van der Waals surface area contributed by atoms with Crippen molar-refractivity contribution in [3.8, 4) is 5.75 Å². The summed E-state index contributed by atoms with van der Waals surface area (Å²) < 4.78 is 13.7. The van der Waals surface area contributed by atoms with E-state index in [4.69, 9.17) is 32.7 Å². The third-order valence-electron chi connectivity index (χ3n) is 8.78. The number of hydrogen-bond donors (Lipinski definition) is 0. The molecular formula is C34H46Cl2N4O4. The number of anilines is 1. The van der Waals surface area contributed by atoms with Crippen molar-refractivity contribution in [2.75, 3.05) is 51.3 Å². The first kappa shape index (κ1) is 33.9. The minimum Gasteiger partial charge on any atom is -0.494 e. The van der Waals surface area contributed by atoms with Crippen LogP contribution < -0.4 is 15.2 Å². The molecule has 1 fully saturated rings. The van der Waals surface area contributed by atoms with E-state index in [0.717, 1.165) is 63.1 Å². The first-order chi connectivity index (χ1) is 20.9. The number of hydrogen-bond acceptors (Lipinski definition) is 6. The van der Waals surface area contributed by atoms with Crippen molar-refractivity contribution in [3.05, 3.63) is 68.9 Å². The van der Waals surface area contributed by atoms with Gasteiger partial charge in [0.1, 0.15) is 5.75 Å². The number of benzene rings is 2. The van der Waals surface area contributed by atoms with Crippen LogP contribution in [-0.4, -0.2) is 72.4 Å². The summed E-state index contributed by atoms with van der Waals surface area (Å²) in [6.45, 7) is 15.2. The number of unbranched alkanes of at least 4 members (excludes halogenated alkanes) is 1. The molecule has 0 N–H and O–H groups in total. The zero-order valence-electron chi connectivity index (χ0n) is 26.8. The second kappa shape index (κ2) is 14.9. The van der Waals surface area contributed by atoms with E-state index >= 15 is 0 Å². The van der Waals surface area contributed by atoms with E-state index in [1.165, 1.54) is 6.07 Å². The van der Waals surface area contributed by atoms with Crippen LogP contribution in [0, 0.1) is 5.92 Å². The molecule has 240 valence electrons. The van der Waals surface area contributed by atoms with Gasteiger partial charge in [0.15, 0.2) is 6.23 Å². The molecule has 8 nitrogen and oxygen atoms in total. The summed E-state index contributed by atoms with van der Waals surface area (Å²) in [6.07, 6.45) is 1.48. The molecule has 1 amide bonds. The Morgan fingerprint density at radius 3 is 2.41 bits per heavy atom. The van der Waals surface area contributed by atoms with E-state index in [1.54, 1.807) is 22.6 Å². The van der Waals surface area contributed by atoms with Gasteiger partial charge in [-0.2, -0.15) is 0 Å². The number of rotatable bonds is 12. The highest BCUT2D eigenvalue weighted by Crippen LogP contribution is 2.33. The number of nitrogens with zero attached hydrogens (tertiary/aromatic N) is 4. The summed E-state index contributed by atoms with van der Waals surface area (Å²) in [5.74, 6) is 0.552. The zero-order valence-corrected chi connectivity index (χ0v) is 28.3. The third-order valence-corrected chi connectivity index (χ3v) is 9.59. The molecule has 0 spiro atoms. The molecule has 1 saturated heterocycles. The van der Waals surface area contributed by atoms with Gasteiger partial charge in [-0.05, 0) is 75.4 Å². The van der Waals surface area contributed by atoms with E-state index in [0.29, 0.717) is 27.9 Å². The van der Waals surface area contributed by atoms with Gasteiger partial charge in [-0.25, -0.2) is 4.79 Å².